The van der Waals surface area contributed by atoms with Gasteiger partial charge in [-0.2, -0.15) is 0 Å². The minimum absolute atomic E-state index is 0.0945. The third-order valence-corrected chi connectivity index (χ3v) is 5.84. The molecule has 3 N–H and O–H groups in total. The number of esters is 2. The number of nitrogens with one attached hydrogen (secondary N) is 3. The topological polar surface area (TPSA) is 132 Å². The number of anilines is 1. The van der Waals surface area contributed by atoms with Gasteiger partial charge >= 0.3 is 18.0 Å². The van der Waals surface area contributed by atoms with Crippen molar-refractivity contribution >= 4 is 34.4 Å². The molecule has 0 saturated carbocycles. The van der Waals surface area contributed by atoms with E-state index in [-0.39, 0.29) is 30.2 Å². The maximum atomic E-state index is 12.7. The van der Waals surface area contributed by atoms with Gasteiger partial charge in [-0.3, -0.25) is 0 Å². The smallest absolute Gasteiger partial charge is 0.358 e. The molecule has 35 heavy (non-hydrogen) atoms. The lowest BCUT2D eigenvalue weighted by Gasteiger charge is -2.27. The number of carbonyl (C=O) groups is 3. The largest absolute Gasteiger partial charge is 0.464 e. The molecule has 1 atom stereocenters. The number of ether oxygens (including phenoxy) is 2. The number of thiazole rings is 1. The van der Waals surface area contributed by atoms with Gasteiger partial charge in [0.1, 0.15) is 24.2 Å². The summed E-state index contributed by atoms with van der Waals surface area (Å²) in [7, 11) is 0. The standard InChI is InChI=1S/C24H24N4O6S/c1-3-32-22(30)19-16(26-23(31)28-20(19)18-10-9-14(2)34-18)12-33-21(29)17-13-35-24(27-17)25-11-15-7-5-4-6-8-15/h4-10,13,20H,3,11-12H2,1-2H3,(H,25,27)(H2,26,28,31)/t20-/m1/s1. The van der Waals surface area contributed by atoms with Gasteiger partial charge in [0.25, 0.3) is 0 Å². The highest BCUT2D eigenvalue weighted by Crippen LogP contribution is 2.29. The van der Waals surface area contributed by atoms with Gasteiger partial charge in [-0.1, -0.05) is 30.3 Å². The molecule has 4 rings (SSSR count). The molecular formula is C24H24N4O6S. The second-order valence-corrected chi connectivity index (χ2v) is 8.40. The number of benzene rings is 1. The molecule has 0 spiro atoms. The van der Waals surface area contributed by atoms with E-state index in [9.17, 15) is 14.4 Å². The van der Waals surface area contributed by atoms with Crippen LogP contribution in [0.15, 0.2) is 63.5 Å². The zero-order valence-electron chi connectivity index (χ0n) is 19.1. The molecule has 0 saturated heterocycles. The predicted molar refractivity (Wildman–Crippen MR) is 128 cm³/mol. The number of furan rings is 1. The molecule has 0 aliphatic carbocycles. The van der Waals surface area contributed by atoms with E-state index in [0.717, 1.165) is 5.56 Å². The number of urea groups is 1. The fourth-order valence-electron chi connectivity index (χ4n) is 3.44. The molecule has 0 unspecified atom stereocenters. The minimum Gasteiger partial charge on any atom is -0.464 e. The molecule has 10 nitrogen and oxygen atoms in total. The van der Waals surface area contributed by atoms with Crippen LogP contribution in [-0.4, -0.2) is 36.2 Å². The van der Waals surface area contributed by atoms with Gasteiger partial charge in [0.15, 0.2) is 10.8 Å². The average molecular weight is 497 g/mol. The summed E-state index contributed by atoms with van der Waals surface area (Å²) in [5.41, 5.74) is 1.39. The molecule has 2 amide bonds. The van der Waals surface area contributed by atoms with Crippen LogP contribution in [0.2, 0.25) is 0 Å². The third-order valence-electron chi connectivity index (χ3n) is 5.04. The van der Waals surface area contributed by atoms with Gasteiger partial charge in [-0.15, -0.1) is 11.3 Å². The van der Waals surface area contributed by atoms with Crippen molar-refractivity contribution in [1.29, 1.82) is 0 Å². The van der Waals surface area contributed by atoms with E-state index in [1.54, 1.807) is 31.4 Å². The van der Waals surface area contributed by atoms with Crippen molar-refractivity contribution < 1.29 is 28.3 Å². The molecule has 0 bridgehead atoms. The zero-order chi connectivity index (χ0) is 24.8. The normalized spacial score (nSPS) is 15.3. The Morgan fingerprint density at radius 3 is 2.66 bits per heavy atom. The van der Waals surface area contributed by atoms with Crippen molar-refractivity contribution in [2.24, 2.45) is 0 Å². The van der Waals surface area contributed by atoms with E-state index in [1.165, 1.54) is 11.3 Å². The number of carbonyl (C=O) groups excluding carboxylic acids is 3. The Kier molecular flexibility index (Phi) is 7.46. The first-order valence-electron chi connectivity index (χ1n) is 10.9. The highest BCUT2D eigenvalue weighted by molar-refractivity contribution is 7.13. The lowest BCUT2D eigenvalue weighted by molar-refractivity contribution is -0.139. The number of rotatable bonds is 9. The Morgan fingerprint density at radius 1 is 1.14 bits per heavy atom. The summed E-state index contributed by atoms with van der Waals surface area (Å²) >= 11 is 1.27. The fourth-order valence-corrected chi connectivity index (χ4v) is 4.12. The summed E-state index contributed by atoms with van der Waals surface area (Å²) in [5.74, 6) is -0.379. The Hall–Kier alpha value is -4.12. The monoisotopic (exact) mass is 496 g/mol. The zero-order valence-corrected chi connectivity index (χ0v) is 19.9. The van der Waals surface area contributed by atoms with Crippen LogP contribution in [0, 0.1) is 6.92 Å². The molecule has 3 aromatic rings. The summed E-state index contributed by atoms with van der Waals surface area (Å²) in [6, 6.07) is 11.7. The van der Waals surface area contributed by atoms with E-state index in [0.29, 0.717) is 23.2 Å². The summed E-state index contributed by atoms with van der Waals surface area (Å²) in [5, 5.41) is 10.5. The van der Waals surface area contributed by atoms with Crippen LogP contribution >= 0.6 is 11.3 Å². The average Bonchev–Trinajstić information content (AvgIpc) is 3.51. The quantitative estimate of drug-likeness (QED) is 0.382. The Bertz CT molecular complexity index is 1250. The van der Waals surface area contributed by atoms with Gasteiger partial charge in [0.2, 0.25) is 0 Å². The van der Waals surface area contributed by atoms with Crippen LogP contribution in [-0.2, 0) is 20.8 Å². The van der Waals surface area contributed by atoms with Gasteiger partial charge in [-0.25, -0.2) is 19.4 Å². The van der Waals surface area contributed by atoms with Gasteiger partial charge in [0.05, 0.1) is 17.9 Å². The first-order chi connectivity index (χ1) is 16.9. The third kappa shape index (κ3) is 5.87. The lowest BCUT2D eigenvalue weighted by atomic mass is 10.0. The SMILES string of the molecule is CCOC(=O)C1=C(COC(=O)c2csc(NCc3ccccc3)n2)NC(=O)N[C@@H]1c1ccc(C)o1. The highest BCUT2D eigenvalue weighted by Gasteiger charge is 2.36. The molecule has 1 aromatic carbocycles. The fraction of sp³-hybridized carbons (Fsp3) is 0.250. The summed E-state index contributed by atoms with van der Waals surface area (Å²) < 4.78 is 16.2. The van der Waals surface area contributed by atoms with E-state index >= 15 is 0 Å². The summed E-state index contributed by atoms with van der Waals surface area (Å²) in [6.45, 7) is 3.75. The van der Waals surface area contributed by atoms with Crippen LogP contribution in [0.1, 0.15) is 40.5 Å². The van der Waals surface area contributed by atoms with Crippen molar-refractivity contribution in [1.82, 2.24) is 15.6 Å². The Balaban J connectivity index is 1.48. The molecular weight excluding hydrogens is 472 g/mol. The summed E-state index contributed by atoms with van der Waals surface area (Å²) in [4.78, 5) is 41.9. The summed E-state index contributed by atoms with van der Waals surface area (Å²) in [6.07, 6.45) is 0. The number of hydrogen-bond donors (Lipinski definition) is 3. The van der Waals surface area contributed by atoms with Crippen LogP contribution in [0.4, 0.5) is 9.93 Å². The van der Waals surface area contributed by atoms with Crippen molar-refractivity contribution in [2.75, 3.05) is 18.5 Å². The molecule has 1 aliphatic heterocycles. The lowest BCUT2D eigenvalue weighted by Crippen LogP contribution is -2.47. The van der Waals surface area contributed by atoms with E-state index < -0.39 is 24.0 Å². The van der Waals surface area contributed by atoms with Crippen molar-refractivity contribution in [3.05, 3.63) is 81.9 Å². The van der Waals surface area contributed by atoms with Gasteiger partial charge in [0, 0.05) is 11.9 Å². The minimum atomic E-state index is -0.890. The Morgan fingerprint density at radius 2 is 1.94 bits per heavy atom. The molecule has 0 fully saturated rings. The number of hydrogen-bond acceptors (Lipinski definition) is 9. The molecule has 1 aliphatic rings. The first-order valence-corrected chi connectivity index (χ1v) is 11.8. The number of aryl methyl sites for hydroxylation is 1. The van der Waals surface area contributed by atoms with Crippen molar-refractivity contribution in [2.45, 2.75) is 26.4 Å². The maximum absolute atomic E-state index is 12.7. The number of aromatic nitrogens is 1. The van der Waals surface area contributed by atoms with Crippen LogP contribution < -0.4 is 16.0 Å². The molecule has 3 heterocycles. The highest BCUT2D eigenvalue weighted by atomic mass is 32.1. The molecule has 11 heteroatoms. The number of nitrogens with zero attached hydrogens (tertiary/aromatic N) is 1. The van der Waals surface area contributed by atoms with Crippen molar-refractivity contribution in [3.8, 4) is 0 Å². The van der Waals surface area contributed by atoms with Gasteiger partial charge < -0.3 is 29.8 Å². The van der Waals surface area contributed by atoms with E-state index in [4.69, 9.17) is 13.9 Å². The second kappa shape index (κ2) is 10.9. The maximum Gasteiger partial charge on any atom is 0.358 e. The van der Waals surface area contributed by atoms with Crippen molar-refractivity contribution in [3.63, 3.8) is 0 Å². The number of amides is 2. The van der Waals surface area contributed by atoms with E-state index in [2.05, 4.69) is 20.9 Å². The first kappa shape index (κ1) is 24.0. The van der Waals surface area contributed by atoms with Gasteiger partial charge in [-0.05, 0) is 31.5 Å². The second-order valence-electron chi connectivity index (χ2n) is 7.55. The van der Waals surface area contributed by atoms with Crippen LogP contribution in [0.25, 0.3) is 0 Å². The Labute approximate surface area is 205 Å². The molecule has 182 valence electrons. The predicted octanol–water partition coefficient (Wildman–Crippen LogP) is 3.68. The molecule has 2 aromatic heterocycles. The molecule has 0 radical (unpaired) electrons. The van der Waals surface area contributed by atoms with E-state index in [1.807, 2.05) is 30.3 Å². The van der Waals surface area contributed by atoms with Crippen LogP contribution in [0.5, 0.6) is 0 Å². The van der Waals surface area contributed by atoms with Crippen LogP contribution in [0.3, 0.4) is 0 Å².